The summed E-state index contributed by atoms with van der Waals surface area (Å²) in [5.74, 6) is -0.272. The molecule has 2 heterocycles. The van der Waals surface area contributed by atoms with Crippen LogP contribution < -0.4 is 0 Å². The topological polar surface area (TPSA) is 30.9 Å². The highest BCUT2D eigenvalue weighted by molar-refractivity contribution is 5.18. The quantitative estimate of drug-likeness (QED) is 0.858. The van der Waals surface area contributed by atoms with Crippen molar-refractivity contribution < 1.29 is 14.2 Å². The molecule has 0 N–H and O–H groups in total. The van der Waals surface area contributed by atoms with Crippen LogP contribution in [0.3, 0.4) is 0 Å². The molecule has 4 heteroatoms. The molecule has 1 aromatic carbocycles. The molecule has 0 radical (unpaired) electrons. The van der Waals surface area contributed by atoms with E-state index in [-0.39, 0.29) is 18.1 Å². The molecule has 4 rings (SSSR count). The van der Waals surface area contributed by atoms with E-state index in [1.54, 1.807) is 0 Å². The maximum absolute atomic E-state index is 6.32. The molecule has 22 heavy (non-hydrogen) atoms. The molecular weight excluding hydrogens is 278 g/mol. The number of hydrogen-bond donors (Lipinski definition) is 0. The highest BCUT2D eigenvalue weighted by atomic mass is 16.7. The Balaban J connectivity index is 1.39. The number of rotatable bonds is 3. The normalized spacial score (nSPS) is 31.8. The van der Waals surface area contributed by atoms with Gasteiger partial charge in [0, 0.05) is 25.9 Å². The lowest BCUT2D eigenvalue weighted by molar-refractivity contribution is -0.189. The maximum atomic E-state index is 6.32. The van der Waals surface area contributed by atoms with Crippen molar-refractivity contribution in [1.82, 2.24) is 4.90 Å². The molecule has 0 unspecified atom stereocenters. The minimum Gasteiger partial charge on any atom is -0.358 e. The van der Waals surface area contributed by atoms with Crippen molar-refractivity contribution in [3.05, 3.63) is 35.9 Å². The number of hydrogen-bond acceptors (Lipinski definition) is 4. The van der Waals surface area contributed by atoms with Gasteiger partial charge in [0.05, 0.1) is 19.3 Å². The third-order valence-electron chi connectivity index (χ3n) is 5.04. The predicted octanol–water partition coefficient (Wildman–Crippen LogP) is 3.09. The standard InChI is InChI=1S/C18H25NO3/c1-3-7-15(8-4-1)17-19(11-12-20-17)13-16-14-21-18(22-16)9-5-2-6-10-18/h1,3-4,7-8,16-17H,2,5-6,9-14H2/t16-,17+/m1/s1. The van der Waals surface area contributed by atoms with Crippen LogP contribution >= 0.6 is 0 Å². The zero-order valence-corrected chi connectivity index (χ0v) is 13.1. The summed E-state index contributed by atoms with van der Waals surface area (Å²) in [7, 11) is 0. The smallest absolute Gasteiger partial charge is 0.168 e. The van der Waals surface area contributed by atoms with Gasteiger partial charge in [-0.3, -0.25) is 4.90 Å². The van der Waals surface area contributed by atoms with Gasteiger partial charge in [0.1, 0.15) is 6.23 Å². The van der Waals surface area contributed by atoms with Crippen LogP contribution in [0.1, 0.15) is 43.9 Å². The van der Waals surface area contributed by atoms with E-state index in [1.165, 1.54) is 24.8 Å². The molecule has 2 atom stereocenters. The van der Waals surface area contributed by atoms with Gasteiger partial charge < -0.3 is 14.2 Å². The van der Waals surface area contributed by atoms with E-state index in [0.717, 1.165) is 39.1 Å². The molecular formula is C18H25NO3. The van der Waals surface area contributed by atoms with Gasteiger partial charge in [-0.05, 0) is 18.4 Å². The second-order valence-corrected chi connectivity index (χ2v) is 6.65. The lowest BCUT2D eigenvalue weighted by Crippen LogP contribution is -2.37. The third kappa shape index (κ3) is 2.93. The van der Waals surface area contributed by atoms with E-state index in [0.29, 0.717) is 0 Å². The summed E-state index contributed by atoms with van der Waals surface area (Å²) in [4.78, 5) is 2.38. The molecule has 1 aromatic rings. The van der Waals surface area contributed by atoms with Gasteiger partial charge in [-0.25, -0.2) is 0 Å². The summed E-state index contributed by atoms with van der Waals surface area (Å²) in [6, 6.07) is 10.5. The van der Waals surface area contributed by atoms with Crippen molar-refractivity contribution in [2.45, 2.75) is 50.2 Å². The Kier molecular flexibility index (Phi) is 4.18. The van der Waals surface area contributed by atoms with Crippen LogP contribution in [0.25, 0.3) is 0 Å². The molecule has 2 saturated heterocycles. The molecule has 120 valence electrons. The van der Waals surface area contributed by atoms with Crippen molar-refractivity contribution in [2.75, 3.05) is 26.3 Å². The van der Waals surface area contributed by atoms with Crippen LogP contribution in [0.15, 0.2) is 30.3 Å². The zero-order valence-electron chi connectivity index (χ0n) is 13.1. The Hall–Kier alpha value is -0.940. The van der Waals surface area contributed by atoms with E-state index in [9.17, 15) is 0 Å². The molecule has 4 nitrogen and oxygen atoms in total. The first-order valence-corrected chi connectivity index (χ1v) is 8.57. The summed E-state index contributed by atoms with van der Waals surface area (Å²) in [6.07, 6.45) is 6.12. The Morgan fingerprint density at radius 1 is 1.09 bits per heavy atom. The molecule has 1 aliphatic carbocycles. The van der Waals surface area contributed by atoms with Crippen LogP contribution in [0.5, 0.6) is 0 Å². The monoisotopic (exact) mass is 303 g/mol. The molecule has 3 fully saturated rings. The van der Waals surface area contributed by atoms with Crippen LogP contribution in [-0.2, 0) is 14.2 Å². The minimum absolute atomic E-state index is 0.0627. The van der Waals surface area contributed by atoms with Gasteiger partial charge in [0.15, 0.2) is 5.79 Å². The predicted molar refractivity (Wildman–Crippen MR) is 83.3 cm³/mol. The zero-order chi connectivity index (χ0) is 14.8. The first-order chi connectivity index (χ1) is 10.8. The van der Waals surface area contributed by atoms with E-state index < -0.39 is 0 Å². The van der Waals surface area contributed by atoms with E-state index in [1.807, 2.05) is 6.07 Å². The lowest BCUT2D eigenvalue weighted by Gasteiger charge is -2.32. The highest BCUT2D eigenvalue weighted by Gasteiger charge is 2.43. The SMILES string of the molecule is c1ccc([C@@H]2OCCN2C[C@@H]2COC3(CCCCC3)O2)cc1. The second-order valence-electron chi connectivity index (χ2n) is 6.65. The number of ether oxygens (including phenoxy) is 3. The first-order valence-electron chi connectivity index (χ1n) is 8.57. The highest BCUT2D eigenvalue weighted by Crippen LogP contribution is 2.38. The van der Waals surface area contributed by atoms with Gasteiger partial charge in [-0.15, -0.1) is 0 Å². The fourth-order valence-corrected chi connectivity index (χ4v) is 3.94. The lowest BCUT2D eigenvalue weighted by atomic mass is 9.94. The average Bonchev–Trinajstić information content (AvgIpc) is 3.17. The van der Waals surface area contributed by atoms with Gasteiger partial charge in [-0.2, -0.15) is 0 Å². The molecule has 3 aliphatic rings. The minimum atomic E-state index is -0.272. The Morgan fingerprint density at radius 2 is 1.91 bits per heavy atom. The largest absolute Gasteiger partial charge is 0.358 e. The Bertz CT molecular complexity index is 486. The summed E-state index contributed by atoms with van der Waals surface area (Å²) < 4.78 is 18.3. The Morgan fingerprint density at radius 3 is 2.73 bits per heavy atom. The van der Waals surface area contributed by atoms with E-state index in [4.69, 9.17) is 14.2 Å². The van der Waals surface area contributed by atoms with Crippen molar-refractivity contribution >= 4 is 0 Å². The maximum Gasteiger partial charge on any atom is 0.168 e. The van der Waals surface area contributed by atoms with E-state index in [2.05, 4.69) is 29.2 Å². The molecule has 1 saturated carbocycles. The van der Waals surface area contributed by atoms with Crippen LogP contribution in [0.4, 0.5) is 0 Å². The Labute approximate surface area is 132 Å². The average molecular weight is 303 g/mol. The summed E-state index contributed by atoms with van der Waals surface area (Å²) in [5, 5.41) is 0. The third-order valence-corrected chi connectivity index (χ3v) is 5.04. The van der Waals surface area contributed by atoms with E-state index >= 15 is 0 Å². The van der Waals surface area contributed by atoms with Crippen LogP contribution in [0, 0.1) is 0 Å². The van der Waals surface area contributed by atoms with Crippen LogP contribution in [-0.4, -0.2) is 43.1 Å². The van der Waals surface area contributed by atoms with Crippen molar-refractivity contribution in [1.29, 1.82) is 0 Å². The second kappa shape index (κ2) is 6.28. The molecule has 0 bridgehead atoms. The molecule has 1 spiro atoms. The summed E-state index contributed by atoms with van der Waals surface area (Å²) in [6.45, 7) is 3.37. The number of benzene rings is 1. The first kappa shape index (κ1) is 14.6. The molecule has 0 aromatic heterocycles. The van der Waals surface area contributed by atoms with Gasteiger partial charge >= 0.3 is 0 Å². The fraction of sp³-hybridized carbons (Fsp3) is 0.667. The van der Waals surface area contributed by atoms with Gasteiger partial charge in [0.2, 0.25) is 0 Å². The molecule has 2 aliphatic heterocycles. The van der Waals surface area contributed by atoms with Crippen molar-refractivity contribution in [3.63, 3.8) is 0 Å². The van der Waals surface area contributed by atoms with Crippen molar-refractivity contribution in [3.8, 4) is 0 Å². The van der Waals surface area contributed by atoms with Gasteiger partial charge in [0.25, 0.3) is 0 Å². The summed E-state index contributed by atoms with van der Waals surface area (Å²) in [5.41, 5.74) is 1.23. The van der Waals surface area contributed by atoms with Gasteiger partial charge in [-0.1, -0.05) is 36.8 Å². The molecule has 0 amide bonds. The number of nitrogens with zero attached hydrogens (tertiary/aromatic N) is 1. The van der Waals surface area contributed by atoms with Crippen molar-refractivity contribution in [2.24, 2.45) is 0 Å². The summed E-state index contributed by atoms with van der Waals surface area (Å²) >= 11 is 0. The fourth-order valence-electron chi connectivity index (χ4n) is 3.94. The van der Waals surface area contributed by atoms with Crippen LogP contribution in [0.2, 0.25) is 0 Å².